The predicted molar refractivity (Wildman–Crippen MR) is 85.2 cm³/mol. The number of unbranched alkanes of at least 4 members (excludes halogenated alkanes) is 12. The molecule has 19 heavy (non-hydrogen) atoms. The summed E-state index contributed by atoms with van der Waals surface area (Å²) in [5.41, 5.74) is 5.21. The van der Waals surface area contributed by atoms with Crippen LogP contribution in [-0.4, -0.2) is 5.11 Å². The Balaban J connectivity index is 2.99. The molecule has 0 saturated heterocycles. The van der Waals surface area contributed by atoms with Crippen LogP contribution in [0.15, 0.2) is 12.0 Å². The van der Waals surface area contributed by atoms with Crippen LogP contribution in [0.3, 0.4) is 0 Å². The minimum atomic E-state index is 0.336. The number of nitrogens with two attached hydrogens (primary N) is 1. The summed E-state index contributed by atoms with van der Waals surface area (Å²) in [6.45, 7) is 2.27. The van der Waals surface area contributed by atoms with E-state index in [0.29, 0.717) is 5.76 Å². The second kappa shape index (κ2) is 15.4. The number of aliphatic hydroxyl groups excluding tert-OH is 1. The number of aliphatic hydroxyl groups is 1. The van der Waals surface area contributed by atoms with Crippen molar-refractivity contribution in [2.75, 3.05) is 0 Å². The van der Waals surface area contributed by atoms with Crippen molar-refractivity contribution in [3.8, 4) is 0 Å². The van der Waals surface area contributed by atoms with E-state index in [1.807, 2.05) is 0 Å². The lowest BCUT2D eigenvalue weighted by atomic mass is 10.0. The molecule has 0 fully saturated rings. The largest absolute Gasteiger partial charge is 0.511 e. The maximum Gasteiger partial charge on any atom is 0.108 e. The molecular weight excluding hydrogens is 234 g/mol. The summed E-state index contributed by atoms with van der Waals surface area (Å²) in [5, 5.41) is 9.17. The quantitative estimate of drug-likeness (QED) is 0.308. The molecule has 2 nitrogen and oxygen atoms in total. The van der Waals surface area contributed by atoms with Crippen molar-refractivity contribution < 1.29 is 5.11 Å². The van der Waals surface area contributed by atoms with Gasteiger partial charge in [-0.05, 0) is 6.42 Å². The van der Waals surface area contributed by atoms with Crippen LogP contribution in [0.2, 0.25) is 0 Å². The first kappa shape index (κ1) is 18.3. The molecule has 2 heteroatoms. The number of hydrogen-bond acceptors (Lipinski definition) is 2. The monoisotopic (exact) mass is 269 g/mol. The lowest BCUT2D eigenvalue weighted by Crippen LogP contribution is -1.88. The number of rotatable bonds is 14. The molecule has 0 amide bonds. The van der Waals surface area contributed by atoms with Gasteiger partial charge in [-0.15, -0.1) is 0 Å². The average Bonchev–Trinajstić information content (AvgIpc) is 2.43. The van der Waals surface area contributed by atoms with Gasteiger partial charge in [0.05, 0.1) is 0 Å². The Bertz CT molecular complexity index is 201. The summed E-state index contributed by atoms with van der Waals surface area (Å²) >= 11 is 0. The molecule has 3 N–H and O–H groups in total. The van der Waals surface area contributed by atoms with Crippen LogP contribution >= 0.6 is 0 Å². The summed E-state index contributed by atoms with van der Waals surface area (Å²) < 4.78 is 0. The van der Waals surface area contributed by atoms with E-state index in [0.717, 1.165) is 12.8 Å². The van der Waals surface area contributed by atoms with E-state index in [4.69, 9.17) is 5.73 Å². The first-order valence-corrected chi connectivity index (χ1v) is 8.41. The molecule has 0 aliphatic rings. The molecule has 0 heterocycles. The SMILES string of the molecule is CCCCCCCCCCCCCCC/C(O)=C/N. The van der Waals surface area contributed by atoms with Crippen LogP contribution in [0.5, 0.6) is 0 Å². The van der Waals surface area contributed by atoms with E-state index in [1.165, 1.54) is 83.2 Å². The van der Waals surface area contributed by atoms with E-state index < -0.39 is 0 Å². The fourth-order valence-electron chi connectivity index (χ4n) is 2.41. The summed E-state index contributed by atoms with van der Waals surface area (Å²) in [6, 6.07) is 0. The molecule has 0 saturated carbocycles. The zero-order valence-corrected chi connectivity index (χ0v) is 13.0. The van der Waals surface area contributed by atoms with E-state index in [-0.39, 0.29) is 0 Å². The molecule has 0 rings (SSSR count). The van der Waals surface area contributed by atoms with Gasteiger partial charge >= 0.3 is 0 Å². The van der Waals surface area contributed by atoms with Crippen molar-refractivity contribution in [3.05, 3.63) is 12.0 Å². The maximum atomic E-state index is 9.17. The Kier molecular flexibility index (Phi) is 14.9. The van der Waals surface area contributed by atoms with Crippen molar-refractivity contribution >= 4 is 0 Å². The smallest absolute Gasteiger partial charge is 0.108 e. The third kappa shape index (κ3) is 15.3. The molecule has 0 aliphatic heterocycles. The first-order valence-electron chi connectivity index (χ1n) is 8.41. The second-order valence-corrected chi connectivity index (χ2v) is 5.65. The van der Waals surface area contributed by atoms with Gasteiger partial charge in [-0.1, -0.05) is 84.0 Å². The minimum Gasteiger partial charge on any atom is -0.511 e. The molecular formula is C17H35NO. The van der Waals surface area contributed by atoms with Crippen LogP contribution < -0.4 is 5.73 Å². The highest BCUT2D eigenvalue weighted by Crippen LogP contribution is 2.13. The van der Waals surface area contributed by atoms with Gasteiger partial charge in [0.25, 0.3) is 0 Å². The number of allylic oxidation sites excluding steroid dienone is 1. The summed E-state index contributed by atoms with van der Waals surface area (Å²) in [4.78, 5) is 0. The van der Waals surface area contributed by atoms with Crippen LogP contribution in [0.1, 0.15) is 96.8 Å². The Morgan fingerprint density at radius 3 is 1.47 bits per heavy atom. The molecule has 0 radical (unpaired) electrons. The topological polar surface area (TPSA) is 46.2 Å². The van der Waals surface area contributed by atoms with Crippen molar-refractivity contribution in [1.29, 1.82) is 0 Å². The molecule has 0 aliphatic carbocycles. The van der Waals surface area contributed by atoms with Crippen LogP contribution in [0.25, 0.3) is 0 Å². The molecule has 0 bridgehead atoms. The normalized spacial score (nSPS) is 11.9. The van der Waals surface area contributed by atoms with Crippen LogP contribution in [-0.2, 0) is 0 Å². The van der Waals surface area contributed by atoms with Crippen molar-refractivity contribution in [1.82, 2.24) is 0 Å². The average molecular weight is 269 g/mol. The Labute approximate surface area is 120 Å². The Morgan fingerprint density at radius 1 is 0.737 bits per heavy atom. The standard InChI is InChI=1S/C17H35NO/c1-2-3-4-5-6-7-8-9-10-11-12-13-14-15-17(19)16-18/h16,19H,2-15,18H2,1H3/b17-16-. The minimum absolute atomic E-state index is 0.336. The lowest BCUT2D eigenvalue weighted by molar-refractivity contribution is 0.378. The molecule has 0 atom stereocenters. The van der Waals surface area contributed by atoms with Gasteiger partial charge in [0.1, 0.15) is 5.76 Å². The van der Waals surface area contributed by atoms with Crippen molar-refractivity contribution in [2.24, 2.45) is 5.73 Å². The zero-order valence-electron chi connectivity index (χ0n) is 13.0. The van der Waals surface area contributed by atoms with Crippen LogP contribution in [0, 0.1) is 0 Å². The van der Waals surface area contributed by atoms with Gasteiger partial charge in [-0.2, -0.15) is 0 Å². The van der Waals surface area contributed by atoms with E-state index >= 15 is 0 Å². The van der Waals surface area contributed by atoms with Crippen molar-refractivity contribution in [3.63, 3.8) is 0 Å². The highest BCUT2D eigenvalue weighted by Gasteiger charge is 1.95. The van der Waals surface area contributed by atoms with Crippen molar-refractivity contribution in [2.45, 2.75) is 96.8 Å². The summed E-state index contributed by atoms with van der Waals surface area (Å²) in [7, 11) is 0. The molecule has 0 aromatic rings. The summed E-state index contributed by atoms with van der Waals surface area (Å²) in [5.74, 6) is 0.336. The van der Waals surface area contributed by atoms with E-state index in [2.05, 4.69) is 6.92 Å². The second-order valence-electron chi connectivity index (χ2n) is 5.65. The van der Waals surface area contributed by atoms with Gasteiger partial charge in [-0.3, -0.25) is 0 Å². The molecule has 0 aromatic heterocycles. The third-order valence-electron chi connectivity index (χ3n) is 3.73. The lowest BCUT2D eigenvalue weighted by Gasteiger charge is -2.03. The van der Waals surface area contributed by atoms with E-state index in [9.17, 15) is 5.11 Å². The Morgan fingerprint density at radius 2 is 1.11 bits per heavy atom. The predicted octanol–water partition coefficient (Wildman–Crippen LogP) is 5.83. The highest BCUT2D eigenvalue weighted by atomic mass is 16.3. The molecule has 0 aromatic carbocycles. The van der Waals surface area contributed by atoms with Crippen LogP contribution in [0.4, 0.5) is 0 Å². The fraction of sp³-hybridized carbons (Fsp3) is 0.882. The van der Waals surface area contributed by atoms with Gasteiger partial charge in [0, 0.05) is 12.6 Å². The van der Waals surface area contributed by atoms with E-state index in [1.54, 1.807) is 0 Å². The maximum absolute atomic E-state index is 9.17. The molecule has 0 unspecified atom stereocenters. The summed E-state index contributed by atoms with van der Waals surface area (Å²) in [6.07, 6.45) is 19.7. The zero-order chi connectivity index (χ0) is 14.2. The molecule has 114 valence electrons. The molecule has 0 spiro atoms. The fourth-order valence-corrected chi connectivity index (χ4v) is 2.41. The van der Waals surface area contributed by atoms with Gasteiger partial charge in [0.15, 0.2) is 0 Å². The van der Waals surface area contributed by atoms with Gasteiger partial charge < -0.3 is 10.8 Å². The van der Waals surface area contributed by atoms with Gasteiger partial charge in [0.2, 0.25) is 0 Å². The third-order valence-corrected chi connectivity index (χ3v) is 3.73. The highest BCUT2D eigenvalue weighted by molar-refractivity contribution is 4.85. The number of hydrogen-bond donors (Lipinski definition) is 2. The Hall–Kier alpha value is -0.660. The first-order chi connectivity index (χ1) is 9.31. The van der Waals surface area contributed by atoms with Gasteiger partial charge in [-0.25, -0.2) is 0 Å².